The number of ether oxygens (including phenoxy) is 2. The van der Waals surface area contributed by atoms with Crippen LogP contribution in [0, 0.1) is 0 Å². The summed E-state index contributed by atoms with van der Waals surface area (Å²) in [4.78, 5) is 20.0. The third-order valence-electron chi connectivity index (χ3n) is 6.62. The van der Waals surface area contributed by atoms with Gasteiger partial charge in [0.05, 0.1) is 32.9 Å². The number of nitrogens with one attached hydrogen (secondary N) is 1. The molecule has 0 spiro atoms. The highest BCUT2D eigenvalue weighted by molar-refractivity contribution is 5.78. The fraction of sp³-hybridized carbons (Fsp3) is 0.500. The van der Waals surface area contributed by atoms with Crippen molar-refractivity contribution < 1.29 is 14.3 Å². The van der Waals surface area contributed by atoms with Gasteiger partial charge in [-0.3, -0.25) is 14.6 Å². The maximum absolute atomic E-state index is 12.9. The molecule has 33 heavy (non-hydrogen) atoms. The Hall–Kier alpha value is -2.61. The molecule has 2 aromatic carbocycles. The number of methoxy groups -OCH3 is 1. The lowest BCUT2D eigenvalue weighted by Gasteiger charge is -2.39. The van der Waals surface area contributed by atoms with Crippen molar-refractivity contribution in [2.75, 3.05) is 71.0 Å². The molecule has 7 nitrogen and oxygen atoms in total. The summed E-state index contributed by atoms with van der Waals surface area (Å²) >= 11 is 0. The van der Waals surface area contributed by atoms with Crippen molar-refractivity contribution >= 4 is 11.6 Å². The summed E-state index contributed by atoms with van der Waals surface area (Å²) < 4.78 is 10.8. The molecular weight excluding hydrogens is 416 g/mol. The number of nitrogens with zero attached hydrogens (tertiary/aromatic N) is 3. The number of anilines is 1. The second-order valence-corrected chi connectivity index (χ2v) is 8.82. The van der Waals surface area contributed by atoms with Gasteiger partial charge in [0.2, 0.25) is 5.91 Å². The Morgan fingerprint density at radius 2 is 1.64 bits per heavy atom. The molecule has 2 fully saturated rings. The fourth-order valence-electron chi connectivity index (χ4n) is 4.86. The van der Waals surface area contributed by atoms with Crippen LogP contribution in [0.4, 0.5) is 5.69 Å². The summed E-state index contributed by atoms with van der Waals surface area (Å²) in [6, 6.07) is 18.8. The quantitative estimate of drug-likeness (QED) is 0.664. The largest absolute Gasteiger partial charge is 0.497 e. The summed E-state index contributed by atoms with van der Waals surface area (Å²) in [6.07, 6.45) is 0. The highest BCUT2D eigenvalue weighted by Gasteiger charge is 2.29. The highest BCUT2D eigenvalue weighted by atomic mass is 16.5. The normalized spacial score (nSPS) is 19.6. The van der Waals surface area contributed by atoms with Gasteiger partial charge in [0, 0.05) is 51.0 Å². The van der Waals surface area contributed by atoms with Gasteiger partial charge in [0.15, 0.2) is 0 Å². The van der Waals surface area contributed by atoms with Gasteiger partial charge < -0.3 is 19.7 Å². The van der Waals surface area contributed by atoms with Gasteiger partial charge in [0.25, 0.3) is 0 Å². The fourth-order valence-corrected chi connectivity index (χ4v) is 4.86. The van der Waals surface area contributed by atoms with Crippen LogP contribution < -0.4 is 15.0 Å². The zero-order valence-corrected chi connectivity index (χ0v) is 19.8. The molecule has 2 atom stereocenters. The minimum Gasteiger partial charge on any atom is -0.497 e. The second kappa shape index (κ2) is 11.5. The van der Waals surface area contributed by atoms with Crippen LogP contribution in [0.5, 0.6) is 5.75 Å². The van der Waals surface area contributed by atoms with Gasteiger partial charge in [-0.1, -0.05) is 30.3 Å². The molecule has 0 radical (unpaired) electrons. The molecule has 1 amide bonds. The number of piperazine rings is 1. The highest BCUT2D eigenvalue weighted by Crippen LogP contribution is 2.25. The summed E-state index contributed by atoms with van der Waals surface area (Å²) in [5.74, 6) is 0.962. The molecule has 7 heteroatoms. The van der Waals surface area contributed by atoms with Crippen LogP contribution in [0.2, 0.25) is 0 Å². The summed E-state index contributed by atoms with van der Waals surface area (Å²) in [5, 5.41) is 3.29. The minimum atomic E-state index is 0.0126. The van der Waals surface area contributed by atoms with Crippen molar-refractivity contribution in [1.82, 2.24) is 15.1 Å². The maximum atomic E-state index is 12.9. The van der Waals surface area contributed by atoms with E-state index < -0.39 is 0 Å². The number of hydrogen-bond acceptors (Lipinski definition) is 6. The molecule has 2 aliphatic heterocycles. The molecule has 2 aliphatic rings. The standard InChI is InChI=1S/C26H36N4O3/c1-21(26(22-6-4-3-5-7-22)30-16-18-33-19-17-30)27-25(31)20-28-12-14-29(15-13-28)23-8-10-24(32-2)11-9-23/h3-11,21,26H,12-20H2,1-2H3,(H,27,31)/t21-,26+/m0/s1. The molecule has 0 aromatic heterocycles. The molecule has 0 unspecified atom stereocenters. The molecule has 0 bridgehead atoms. The molecule has 0 aliphatic carbocycles. The van der Waals surface area contributed by atoms with Crippen molar-refractivity contribution in [3.05, 3.63) is 60.2 Å². The van der Waals surface area contributed by atoms with Crippen molar-refractivity contribution in [2.24, 2.45) is 0 Å². The van der Waals surface area contributed by atoms with E-state index in [-0.39, 0.29) is 18.0 Å². The Morgan fingerprint density at radius 3 is 2.27 bits per heavy atom. The molecule has 0 saturated carbocycles. The SMILES string of the molecule is COc1ccc(N2CCN(CC(=O)N[C@@H](C)[C@H](c3ccccc3)N3CCOCC3)CC2)cc1. The number of morpholine rings is 1. The van der Waals surface area contributed by atoms with E-state index in [1.807, 2.05) is 18.2 Å². The van der Waals surface area contributed by atoms with Crippen LogP contribution in [-0.4, -0.2) is 87.9 Å². The van der Waals surface area contributed by atoms with Gasteiger partial charge in [-0.05, 0) is 36.8 Å². The van der Waals surface area contributed by atoms with Crippen molar-refractivity contribution in [1.29, 1.82) is 0 Å². The van der Waals surface area contributed by atoms with Crippen LogP contribution in [0.3, 0.4) is 0 Å². The van der Waals surface area contributed by atoms with Crippen LogP contribution in [-0.2, 0) is 9.53 Å². The van der Waals surface area contributed by atoms with Crippen LogP contribution in [0.1, 0.15) is 18.5 Å². The first kappa shape index (κ1) is 23.5. The van der Waals surface area contributed by atoms with Crippen molar-refractivity contribution in [2.45, 2.75) is 19.0 Å². The van der Waals surface area contributed by atoms with E-state index in [0.29, 0.717) is 6.54 Å². The van der Waals surface area contributed by atoms with E-state index in [2.05, 4.69) is 63.3 Å². The van der Waals surface area contributed by atoms with Gasteiger partial charge in [-0.15, -0.1) is 0 Å². The number of carbonyl (C=O) groups excluding carboxylic acids is 1. The average molecular weight is 453 g/mol. The number of carbonyl (C=O) groups is 1. The molecule has 2 aromatic rings. The number of benzene rings is 2. The first-order chi connectivity index (χ1) is 16.1. The predicted octanol–water partition coefficient (Wildman–Crippen LogP) is 2.40. The minimum absolute atomic E-state index is 0.0126. The molecule has 2 heterocycles. The number of rotatable bonds is 8. The van der Waals surface area contributed by atoms with Crippen molar-refractivity contribution in [3.8, 4) is 5.75 Å². The zero-order valence-electron chi connectivity index (χ0n) is 19.8. The predicted molar refractivity (Wildman–Crippen MR) is 131 cm³/mol. The van der Waals surface area contributed by atoms with E-state index in [9.17, 15) is 4.79 Å². The Labute approximate surface area is 197 Å². The molecule has 4 rings (SSSR count). The van der Waals surface area contributed by atoms with Crippen LogP contribution in [0.25, 0.3) is 0 Å². The van der Waals surface area contributed by atoms with Gasteiger partial charge in [-0.2, -0.15) is 0 Å². The lowest BCUT2D eigenvalue weighted by Crippen LogP contribution is -2.52. The van der Waals surface area contributed by atoms with E-state index in [4.69, 9.17) is 9.47 Å². The molecular formula is C26H36N4O3. The third kappa shape index (κ3) is 6.25. The van der Waals surface area contributed by atoms with Crippen LogP contribution >= 0.6 is 0 Å². The van der Waals surface area contributed by atoms with E-state index in [1.54, 1.807) is 7.11 Å². The summed E-state index contributed by atoms with van der Waals surface area (Å²) in [7, 11) is 1.68. The first-order valence-electron chi connectivity index (χ1n) is 11.9. The Kier molecular flexibility index (Phi) is 8.20. The first-order valence-corrected chi connectivity index (χ1v) is 11.9. The number of amides is 1. The molecule has 178 valence electrons. The third-order valence-corrected chi connectivity index (χ3v) is 6.62. The second-order valence-electron chi connectivity index (χ2n) is 8.82. The lowest BCUT2D eigenvalue weighted by molar-refractivity contribution is -0.123. The Morgan fingerprint density at radius 1 is 0.970 bits per heavy atom. The molecule has 1 N–H and O–H groups in total. The van der Waals surface area contributed by atoms with E-state index in [0.717, 1.165) is 58.2 Å². The van der Waals surface area contributed by atoms with Gasteiger partial charge in [-0.25, -0.2) is 0 Å². The monoisotopic (exact) mass is 452 g/mol. The van der Waals surface area contributed by atoms with Gasteiger partial charge >= 0.3 is 0 Å². The summed E-state index contributed by atoms with van der Waals surface area (Å²) in [5.41, 5.74) is 2.44. The summed E-state index contributed by atoms with van der Waals surface area (Å²) in [6.45, 7) is 9.37. The van der Waals surface area contributed by atoms with Crippen LogP contribution in [0.15, 0.2) is 54.6 Å². The molecule has 2 saturated heterocycles. The van der Waals surface area contributed by atoms with E-state index in [1.165, 1.54) is 11.3 Å². The average Bonchev–Trinajstić information content (AvgIpc) is 2.86. The van der Waals surface area contributed by atoms with Crippen molar-refractivity contribution in [3.63, 3.8) is 0 Å². The Bertz CT molecular complexity index is 863. The lowest BCUT2D eigenvalue weighted by atomic mass is 9.98. The smallest absolute Gasteiger partial charge is 0.234 e. The van der Waals surface area contributed by atoms with Gasteiger partial charge in [0.1, 0.15) is 5.75 Å². The number of hydrogen-bond donors (Lipinski definition) is 1. The topological polar surface area (TPSA) is 57.3 Å². The zero-order chi connectivity index (χ0) is 23.0. The van der Waals surface area contributed by atoms with E-state index >= 15 is 0 Å². The maximum Gasteiger partial charge on any atom is 0.234 e. The Balaban J connectivity index is 1.30.